The summed E-state index contributed by atoms with van der Waals surface area (Å²) in [6.07, 6.45) is 0.410. The summed E-state index contributed by atoms with van der Waals surface area (Å²) in [6, 6.07) is 6.26. The third-order valence-corrected chi connectivity index (χ3v) is 7.65. The van der Waals surface area contributed by atoms with Crippen molar-refractivity contribution in [1.29, 1.82) is 0 Å². The lowest BCUT2D eigenvalue weighted by atomic mass is 9.74. The number of carboxylic acid groups (broad SMARTS) is 1. The van der Waals surface area contributed by atoms with Gasteiger partial charge in [0.2, 0.25) is 5.95 Å². The van der Waals surface area contributed by atoms with Crippen LogP contribution >= 0.6 is 11.3 Å². The Morgan fingerprint density at radius 1 is 1.14 bits per heavy atom. The van der Waals surface area contributed by atoms with Gasteiger partial charge < -0.3 is 15.5 Å². The number of aryl methyl sites for hydroxylation is 1. The number of rotatable bonds is 6. The van der Waals surface area contributed by atoms with Crippen molar-refractivity contribution in [3.8, 4) is 10.4 Å². The molecule has 3 N–H and O–H groups in total. The van der Waals surface area contributed by atoms with Crippen LogP contribution < -0.4 is 5.32 Å². The molecule has 11 heteroatoms. The van der Waals surface area contributed by atoms with Crippen LogP contribution in [0.1, 0.15) is 48.9 Å². The standard InChI is InChI=1S/C24H25F3N4O3S/c1-13-9-15(11-17(10-13)30-22-28-8-7-19(31-22)24(25,26)27)18-12-29-21(35-18)23(2,34)16-5-3-14(4-6-16)20(32)33/h7-12,14,16,34H,3-6H2,1-2H3,(H,32,33)(H,28,30,31)/t14?,16?,23-/m0/s1. The highest BCUT2D eigenvalue weighted by Gasteiger charge is 2.40. The smallest absolute Gasteiger partial charge is 0.433 e. The molecular weight excluding hydrogens is 481 g/mol. The van der Waals surface area contributed by atoms with Gasteiger partial charge in [0.05, 0.1) is 10.8 Å². The summed E-state index contributed by atoms with van der Waals surface area (Å²) in [6.45, 7) is 3.58. The Kier molecular flexibility index (Phi) is 6.83. The number of aliphatic carboxylic acids is 1. The lowest BCUT2D eigenvalue weighted by Gasteiger charge is -2.35. The molecule has 1 aliphatic rings. The van der Waals surface area contributed by atoms with Gasteiger partial charge in [-0.2, -0.15) is 13.2 Å². The minimum atomic E-state index is -4.57. The molecular formula is C24H25F3N4O3S. The number of hydrogen-bond donors (Lipinski definition) is 3. The quantitative estimate of drug-likeness (QED) is 0.390. The fourth-order valence-electron chi connectivity index (χ4n) is 4.42. The zero-order valence-electron chi connectivity index (χ0n) is 19.1. The number of alkyl halides is 3. The van der Waals surface area contributed by atoms with E-state index in [4.69, 9.17) is 0 Å². The number of nitrogens with one attached hydrogen (secondary N) is 1. The molecule has 3 aromatic rings. The van der Waals surface area contributed by atoms with E-state index in [0.717, 1.165) is 28.3 Å². The number of benzene rings is 1. The second-order valence-electron chi connectivity index (χ2n) is 9.04. The fourth-order valence-corrected chi connectivity index (χ4v) is 5.45. The first-order chi connectivity index (χ1) is 16.4. The van der Waals surface area contributed by atoms with Crippen molar-refractivity contribution in [3.05, 3.63) is 52.9 Å². The highest BCUT2D eigenvalue weighted by atomic mass is 32.1. The Hall–Kier alpha value is -3.05. The minimum absolute atomic E-state index is 0.0927. The van der Waals surface area contributed by atoms with Crippen molar-refractivity contribution in [3.63, 3.8) is 0 Å². The summed E-state index contributed by atoms with van der Waals surface area (Å²) in [5.41, 5.74) is -0.0506. The van der Waals surface area contributed by atoms with E-state index in [9.17, 15) is 28.2 Å². The molecule has 1 fully saturated rings. The molecule has 4 rings (SSSR count). The Labute approximate surface area is 204 Å². The molecule has 0 radical (unpaired) electrons. The van der Waals surface area contributed by atoms with Crippen LogP contribution in [0.15, 0.2) is 36.7 Å². The minimum Gasteiger partial charge on any atom is -0.481 e. The summed E-state index contributed by atoms with van der Waals surface area (Å²) in [5.74, 6) is -1.42. The lowest BCUT2D eigenvalue weighted by Crippen LogP contribution is -2.35. The van der Waals surface area contributed by atoms with Gasteiger partial charge in [0.15, 0.2) is 0 Å². The van der Waals surface area contributed by atoms with E-state index < -0.39 is 23.4 Å². The predicted molar refractivity (Wildman–Crippen MR) is 125 cm³/mol. The number of aromatic nitrogens is 3. The SMILES string of the molecule is Cc1cc(Nc2nccc(C(F)(F)F)n2)cc(-c2cnc([C@@](C)(O)C3CCC(C(=O)O)CC3)s2)c1. The number of hydrogen-bond acceptors (Lipinski definition) is 7. The molecule has 2 aromatic heterocycles. The summed E-state index contributed by atoms with van der Waals surface area (Å²) < 4.78 is 38.9. The Morgan fingerprint density at radius 2 is 1.86 bits per heavy atom. The number of carboxylic acids is 1. The number of nitrogens with zero attached hydrogens (tertiary/aromatic N) is 3. The second-order valence-corrected chi connectivity index (χ2v) is 10.1. The summed E-state index contributed by atoms with van der Waals surface area (Å²) in [5, 5.41) is 23.9. The van der Waals surface area contributed by atoms with Gasteiger partial charge in [-0.15, -0.1) is 11.3 Å². The molecule has 0 bridgehead atoms. The normalized spacial score (nSPS) is 20.3. The predicted octanol–water partition coefficient (Wildman–Crippen LogP) is 5.77. The van der Waals surface area contributed by atoms with Crippen LogP contribution in [-0.2, 0) is 16.6 Å². The van der Waals surface area contributed by atoms with Gasteiger partial charge in [0.25, 0.3) is 0 Å². The molecule has 0 unspecified atom stereocenters. The third-order valence-electron chi connectivity index (χ3n) is 6.37. The van der Waals surface area contributed by atoms with Crippen molar-refractivity contribution in [2.75, 3.05) is 5.32 Å². The first-order valence-electron chi connectivity index (χ1n) is 11.1. The van der Waals surface area contributed by atoms with Crippen LogP contribution in [0.5, 0.6) is 0 Å². The number of thiazole rings is 1. The Balaban J connectivity index is 1.54. The van der Waals surface area contributed by atoms with E-state index in [1.54, 1.807) is 25.3 Å². The monoisotopic (exact) mass is 506 g/mol. The van der Waals surface area contributed by atoms with Crippen LogP contribution in [0, 0.1) is 18.8 Å². The van der Waals surface area contributed by atoms with Crippen molar-refractivity contribution in [1.82, 2.24) is 15.0 Å². The highest BCUT2D eigenvalue weighted by Crippen LogP contribution is 2.43. The summed E-state index contributed by atoms with van der Waals surface area (Å²) in [7, 11) is 0. The lowest BCUT2D eigenvalue weighted by molar-refractivity contribution is -0.144. The summed E-state index contributed by atoms with van der Waals surface area (Å²) in [4.78, 5) is 23.9. The molecule has 1 aliphatic carbocycles. The number of aliphatic hydroxyl groups is 1. The van der Waals surface area contributed by atoms with Gasteiger partial charge in [0, 0.05) is 18.1 Å². The van der Waals surface area contributed by atoms with Crippen LogP contribution in [0.3, 0.4) is 0 Å². The maximum Gasteiger partial charge on any atom is 0.433 e. The largest absolute Gasteiger partial charge is 0.481 e. The molecule has 1 aromatic carbocycles. The molecule has 0 spiro atoms. The van der Waals surface area contributed by atoms with Crippen molar-refractivity contribution in [2.45, 2.75) is 51.3 Å². The fraction of sp³-hybridized carbons (Fsp3) is 0.417. The number of anilines is 2. The van der Waals surface area contributed by atoms with Gasteiger partial charge in [-0.25, -0.2) is 15.0 Å². The molecule has 0 amide bonds. The Bertz CT molecular complexity index is 1220. The first kappa shape index (κ1) is 25.1. The molecule has 0 saturated heterocycles. The van der Waals surface area contributed by atoms with E-state index in [-0.39, 0.29) is 17.8 Å². The van der Waals surface area contributed by atoms with Crippen LogP contribution in [-0.4, -0.2) is 31.1 Å². The topological polar surface area (TPSA) is 108 Å². The van der Waals surface area contributed by atoms with Crippen LogP contribution in [0.2, 0.25) is 0 Å². The van der Waals surface area contributed by atoms with Crippen molar-refractivity contribution >= 4 is 28.9 Å². The van der Waals surface area contributed by atoms with E-state index in [2.05, 4.69) is 20.3 Å². The molecule has 7 nitrogen and oxygen atoms in total. The maximum atomic E-state index is 13.0. The van der Waals surface area contributed by atoms with Gasteiger partial charge in [-0.1, -0.05) is 6.07 Å². The maximum absolute atomic E-state index is 13.0. The molecule has 2 heterocycles. The second kappa shape index (κ2) is 9.54. The average molecular weight is 507 g/mol. The molecule has 1 atom stereocenters. The highest BCUT2D eigenvalue weighted by molar-refractivity contribution is 7.15. The van der Waals surface area contributed by atoms with E-state index in [1.807, 2.05) is 13.0 Å². The van der Waals surface area contributed by atoms with E-state index >= 15 is 0 Å². The number of carbonyl (C=O) groups is 1. The molecule has 35 heavy (non-hydrogen) atoms. The van der Waals surface area contributed by atoms with Gasteiger partial charge in [0.1, 0.15) is 16.3 Å². The van der Waals surface area contributed by atoms with Crippen molar-refractivity contribution < 1.29 is 28.2 Å². The number of halogens is 3. The first-order valence-corrected chi connectivity index (χ1v) is 12.0. The molecule has 1 saturated carbocycles. The van der Waals surface area contributed by atoms with E-state index in [1.165, 1.54) is 11.3 Å². The zero-order valence-corrected chi connectivity index (χ0v) is 20.0. The van der Waals surface area contributed by atoms with E-state index in [0.29, 0.717) is 36.4 Å². The molecule has 0 aliphatic heterocycles. The summed E-state index contributed by atoms with van der Waals surface area (Å²) >= 11 is 1.34. The van der Waals surface area contributed by atoms with Crippen molar-refractivity contribution in [2.24, 2.45) is 11.8 Å². The van der Waals surface area contributed by atoms with Gasteiger partial charge >= 0.3 is 12.1 Å². The van der Waals surface area contributed by atoms with Crippen LogP contribution in [0.25, 0.3) is 10.4 Å². The van der Waals surface area contributed by atoms with Gasteiger partial charge in [-0.3, -0.25) is 4.79 Å². The van der Waals surface area contributed by atoms with Gasteiger partial charge in [-0.05, 0) is 74.8 Å². The average Bonchev–Trinajstić information content (AvgIpc) is 3.30. The zero-order chi connectivity index (χ0) is 25.4. The third kappa shape index (κ3) is 5.62. The van der Waals surface area contributed by atoms with Crippen LogP contribution in [0.4, 0.5) is 24.8 Å². The Morgan fingerprint density at radius 3 is 2.51 bits per heavy atom. The molecule has 186 valence electrons.